The zero-order valence-corrected chi connectivity index (χ0v) is 10.3. The highest BCUT2D eigenvalue weighted by molar-refractivity contribution is 5.85. The van der Waals surface area contributed by atoms with Gasteiger partial charge in [-0.3, -0.25) is 4.79 Å². The summed E-state index contributed by atoms with van der Waals surface area (Å²) in [5.74, 6) is 0.742. The standard InChI is InChI=1S/C14H18FNO/c1-10-6-11(2)8-16(7-10)14-5-3-4-13(15)12(14)9-17/h3-5,9-11H,6-8H2,1-2H3. The molecule has 17 heavy (non-hydrogen) atoms. The van der Waals surface area contributed by atoms with E-state index in [0.717, 1.165) is 18.8 Å². The van der Waals surface area contributed by atoms with E-state index >= 15 is 0 Å². The highest BCUT2D eigenvalue weighted by Crippen LogP contribution is 2.29. The summed E-state index contributed by atoms with van der Waals surface area (Å²) < 4.78 is 13.5. The molecule has 2 unspecified atom stereocenters. The average Bonchev–Trinajstić information content (AvgIpc) is 2.27. The van der Waals surface area contributed by atoms with E-state index in [0.29, 0.717) is 18.1 Å². The second kappa shape index (κ2) is 4.86. The molecular weight excluding hydrogens is 217 g/mol. The molecule has 1 aromatic rings. The summed E-state index contributed by atoms with van der Waals surface area (Å²) in [7, 11) is 0. The van der Waals surface area contributed by atoms with Crippen LogP contribution in [0.25, 0.3) is 0 Å². The van der Waals surface area contributed by atoms with E-state index in [2.05, 4.69) is 18.7 Å². The van der Waals surface area contributed by atoms with Gasteiger partial charge in [-0.15, -0.1) is 0 Å². The summed E-state index contributed by atoms with van der Waals surface area (Å²) in [5.41, 5.74) is 0.923. The van der Waals surface area contributed by atoms with Gasteiger partial charge in [-0.1, -0.05) is 19.9 Å². The summed E-state index contributed by atoms with van der Waals surface area (Å²) in [4.78, 5) is 13.1. The molecular formula is C14H18FNO. The highest BCUT2D eigenvalue weighted by Gasteiger charge is 2.24. The van der Waals surface area contributed by atoms with Crippen LogP contribution in [0.5, 0.6) is 0 Å². The molecule has 1 fully saturated rings. The summed E-state index contributed by atoms with van der Waals surface area (Å²) in [6, 6.07) is 4.84. The number of rotatable bonds is 2. The number of nitrogens with zero attached hydrogens (tertiary/aromatic N) is 1. The zero-order chi connectivity index (χ0) is 12.4. The Morgan fingerprint density at radius 2 is 1.94 bits per heavy atom. The van der Waals surface area contributed by atoms with Crippen molar-refractivity contribution in [2.45, 2.75) is 20.3 Å². The molecule has 1 saturated heterocycles. The van der Waals surface area contributed by atoms with Crippen LogP contribution in [0.15, 0.2) is 18.2 Å². The maximum absolute atomic E-state index is 13.5. The van der Waals surface area contributed by atoms with Gasteiger partial charge >= 0.3 is 0 Å². The van der Waals surface area contributed by atoms with Crippen LogP contribution < -0.4 is 4.90 Å². The maximum Gasteiger partial charge on any atom is 0.155 e. The molecule has 2 atom stereocenters. The van der Waals surface area contributed by atoms with Gasteiger partial charge in [-0.05, 0) is 30.4 Å². The first-order valence-electron chi connectivity index (χ1n) is 6.10. The first-order valence-corrected chi connectivity index (χ1v) is 6.10. The minimum absolute atomic E-state index is 0.189. The minimum Gasteiger partial charge on any atom is -0.370 e. The number of anilines is 1. The lowest BCUT2D eigenvalue weighted by Crippen LogP contribution is -2.39. The molecule has 0 spiro atoms. The highest BCUT2D eigenvalue weighted by atomic mass is 19.1. The lowest BCUT2D eigenvalue weighted by atomic mass is 9.91. The van der Waals surface area contributed by atoms with Crippen LogP contribution in [-0.4, -0.2) is 19.4 Å². The number of carbonyl (C=O) groups excluding carboxylic acids is 1. The topological polar surface area (TPSA) is 20.3 Å². The number of carbonyl (C=O) groups is 1. The molecule has 1 aromatic carbocycles. The molecule has 0 aliphatic carbocycles. The third kappa shape index (κ3) is 2.48. The molecule has 1 heterocycles. The smallest absolute Gasteiger partial charge is 0.155 e. The molecule has 2 rings (SSSR count). The van der Waals surface area contributed by atoms with Gasteiger partial charge in [0.15, 0.2) is 6.29 Å². The Kier molecular flexibility index (Phi) is 3.46. The molecule has 0 N–H and O–H groups in total. The Hall–Kier alpha value is -1.38. The Balaban J connectivity index is 2.33. The van der Waals surface area contributed by atoms with E-state index in [9.17, 15) is 9.18 Å². The van der Waals surface area contributed by atoms with Gasteiger partial charge in [0, 0.05) is 13.1 Å². The summed E-state index contributed by atoms with van der Waals surface area (Å²) in [5, 5.41) is 0. The SMILES string of the molecule is CC1CC(C)CN(c2cccc(F)c2C=O)C1. The van der Waals surface area contributed by atoms with Gasteiger partial charge in [0.05, 0.1) is 11.3 Å². The molecule has 2 nitrogen and oxygen atoms in total. The van der Waals surface area contributed by atoms with E-state index in [1.807, 2.05) is 6.07 Å². The van der Waals surface area contributed by atoms with Crippen LogP contribution in [0.1, 0.15) is 30.6 Å². The molecule has 0 saturated carbocycles. The summed E-state index contributed by atoms with van der Waals surface area (Å²) in [6.45, 7) is 6.19. The van der Waals surface area contributed by atoms with Gasteiger partial charge in [0.1, 0.15) is 5.82 Å². The molecule has 3 heteroatoms. The largest absolute Gasteiger partial charge is 0.370 e. The third-order valence-electron chi connectivity index (χ3n) is 3.36. The fourth-order valence-corrected chi connectivity index (χ4v) is 2.78. The number of benzene rings is 1. The van der Waals surface area contributed by atoms with Crippen LogP contribution in [-0.2, 0) is 0 Å². The molecule has 0 radical (unpaired) electrons. The monoisotopic (exact) mass is 235 g/mol. The lowest BCUT2D eigenvalue weighted by Gasteiger charge is -2.37. The number of hydrogen-bond donors (Lipinski definition) is 0. The van der Waals surface area contributed by atoms with Crippen molar-refractivity contribution in [3.05, 3.63) is 29.6 Å². The van der Waals surface area contributed by atoms with Crippen LogP contribution in [0, 0.1) is 17.7 Å². The van der Waals surface area contributed by atoms with Crippen LogP contribution in [0.3, 0.4) is 0 Å². The quantitative estimate of drug-likeness (QED) is 0.734. The normalized spacial score (nSPS) is 24.8. The molecule has 0 aromatic heterocycles. The second-order valence-corrected chi connectivity index (χ2v) is 5.14. The predicted octanol–water partition coefficient (Wildman–Crippen LogP) is 3.12. The summed E-state index contributed by atoms with van der Waals surface area (Å²) in [6.07, 6.45) is 1.82. The van der Waals surface area contributed by atoms with E-state index in [-0.39, 0.29) is 5.56 Å². The first-order chi connectivity index (χ1) is 8.11. The minimum atomic E-state index is -0.427. The van der Waals surface area contributed by atoms with Crippen molar-refractivity contribution in [1.82, 2.24) is 0 Å². The van der Waals surface area contributed by atoms with Crippen molar-refractivity contribution >= 4 is 12.0 Å². The van der Waals surface area contributed by atoms with Gasteiger partial charge in [0.25, 0.3) is 0 Å². The van der Waals surface area contributed by atoms with Crippen LogP contribution in [0.2, 0.25) is 0 Å². The van der Waals surface area contributed by atoms with Crippen LogP contribution in [0.4, 0.5) is 10.1 Å². The Morgan fingerprint density at radius 3 is 2.53 bits per heavy atom. The Labute approximate surface area is 101 Å². The van der Waals surface area contributed by atoms with Crippen LogP contribution >= 0.6 is 0 Å². The van der Waals surface area contributed by atoms with Crippen molar-refractivity contribution in [2.24, 2.45) is 11.8 Å². The van der Waals surface area contributed by atoms with Gasteiger partial charge in [-0.25, -0.2) is 4.39 Å². The number of hydrogen-bond acceptors (Lipinski definition) is 2. The average molecular weight is 235 g/mol. The molecule has 1 aliphatic rings. The fraction of sp³-hybridized carbons (Fsp3) is 0.500. The second-order valence-electron chi connectivity index (χ2n) is 5.14. The van der Waals surface area contributed by atoms with E-state index in [1.165, 1.54) is 12.5 Å². The Bertz CT molecular complexity index is 409. The van der Waals surface area contributed by atoms with Crippen molar-refractivity contribution in [2.75, 3.05) is 18.0 Å². The van der Waals surface area contributed by atoms with Crippen molar-refractivity contribution < 1.29 is 9.18 Å². The first kappa shape index (κ1) is 12.1. The fourth-order valence-electron chi connectivity index (χ4n) is 2.78. The molecule has 92 valence electrons. The predicted molar refractivity (Wildman–Crippen MR) is 66.9 cm³/mol. The Morgan fingerprint density at radius 1 is 1.29 bits per heavy atom. The molecule has 0 amide bonds. The maximum atomic E-state index is 13.5. The van der Waals surface area contributed by atoms with E-state index in [4.69, 9.17) is 0 Å². The third-order valence-corrected chi connectivity index (χ3v) is 3.36. The van der Waals surface area contributed by atoms with Crippen molar-refractivity contribution in [3.8, 4) is 0 Å². The van der Waals surface area contributed by atoms with E-state index < -0.39 is 5.82 Å². The van der Waals surface area contributed by atoms with Gasteiger partial charge < -0.3 is 4.90 Å². The molecule has 0 bridgehead atoms. The lowest BCUT2D eigenvalue weighted by molar-refractivity contribution is 0.112. The van der Waals surface area contributed by atoms with Gasteiger partial charge in [-0.2, -0.15) is 0 Å². The van der Waals surface area contributed by atoms with Crippen molar-refractivity contribution in [1.29, 1.82) is 0 Å². The zero-order valence-electron chi connectivity index (χ0n) is 10.3. The molecule has 1 aliphatic heterocycles. The number of piperidine rings is 1. The number of aldehydes is 1. The van der Waals surface area contributed by atoms with Gasteiger partial charge in [0.2, 0.25) is 0 Å². The van der Waals surface area contributed by atoms with Crippen molar-refractivity contribution in [3.63, 3.8) is 0 Å². The summed E-state index contributed by atoms with van der Waals surface area (Å²) >= 11 is 0. The van der Waals surface area contributed by atoms with E-state index in [1.54, 1.807) is 6.07 Å². The number of halogens is 1.